The van der Waals surface area contributed by atoms with Gasteiger partial charge in [0.15, 0.2) is 5.82 Å². The van der Waals surface area contributed by atoms with E-state index in [0.717, 1.165) is 31.8 Å². The molecule has 0 atom stereocenters. The number of aromatic nitrogens is 3. The number of piperidine rings is 1. The number of hydrogen-bond acceptors (Lipinski definition) is 5. The lowest BCUT2D eigenvalue weighted by atomic mass is 9.98. The van der Waals surface area contributed by atoms with Crippen LogP contribution in [0.25, 0.3) is 0 Å². The van der Waals surface area contributed by atoms with Crippen LogP contribution >= 0.6 is 0 Å². The monoisotopic (exact) mass is 342 g/mol. The topological polar surface area (TPSA) is 101 Å². The zero-order chi connectivity index (χ0) is 17.8. The molecule has 8 heteroatoms. The summed E-state index contributed by atoms with van der Waals surface area (Å²) in [6.45, 7) is 3.37. The molecule has 3 N–H and O–H groups in total. The molecule has 0 radical (unpaired) electrons. The molecule has 1 fully saturated rings. The number of nitrogens with zero attached hydrogens (tertiary/aromatic N) is 3. The van der Waals surface area contributed by atoms with E-state index in [9.17, 15) is 9.59 Å². The number of carbonyl (C=O) groups is 2. The Labute approximate surface area is 146 Å². The molecule has 0 aliphatic carbocycles. The standard InChI is InChI=1S/C17H22N6O2/c1-11(24)19-14-5-3-13(4-6-14)16(25)21-17-20-15(22-23(17)2)12-7-9-18-10-8-12/h3-6,12,18H,7-10H2,1-2H3,(H,19,24)(H,20,21,22,25). The molecule has 25 heavy (non-hydrogen) atoms. The molecule has 3 rings (SSSR count). The summed E-state index contributed by atoms with van der Waals surface area (Å²) in [6.07, 6.45) is 2.00. The number of anilines is 2. The smallest absolute Gasteiger partial charge is 0.258 e. The first-order chi connectivity index (χ1) is 12.0. The number of nitrogens with one attached hydrogen (secondary N) is 3. The Morgan fingerprint density at radius 1 is 1.16 bits per heavy atom. The lowest BCUT2D eigenvalue weighted by Gasteiger charge is -2.19. The van der Waals surface area contributed by atoms with Gasteiger partial charge in [0.05, 0.1) is 0 Å². The molecule has 1 saturated heterocycles. The summed E-state index contributed by atoms with van der Waals surface area (Å²) in [4.78, 5) is 27.9. The van der Waals surface area contributed by atoms with E-state index in [1.165, 1.54) is 6.92 Å². The van der Waals surface area contributed by atoms with Crippen molar-refractivity contribution in [3.8, 4) is 0 Å². The van der Waals surface area contributed by atoms with Gasteiger partial charge in [0.1, 0.15) is 0 Å². The third-order valence-corrected chi connectivity index (χ3v) is 4.18. The van der Waals surface area contributed by atoms with Gasteiger partial charge in [-0.3, -0.25) is 14.9 Å². The molecule has 0 unspecified atom stereocenters. The van der Waals surface area contributed by atoms with Crippen LogP contribution in [0.4, 0.5) is 11.6 Å². The van der Waals surface area contributed by atoms with E-state index in [2.05, 4.69) is 26.0 Å². The predicted octanol–water partition coefficient (Wildman–Crippen LogP) is 1.49. The van der Waals surface area contributed by atoms with Crippen molar-refractivity contribution in [3.63, 3.8) is 0 Å². The van der Waals surface area contributed by atoms with Crippen molar-refractivity contribution in [2.75, 3.05) is 23.7 Å². The third kappa shape index (κ3) is 4.21. The fraction of sp³-hybridized carbons (Fsp3) is 0.412. The first-order valence-corrected chi connectivity index (χ1v) is 8.33. The van der Waals surface area contributed by atoms with Gasteiger partial charge < -0.3 is 10.6 Å². The Balaban J connectivity index is 1.68. The average molecular weight is 342 g/mol. The van der Waals surface area contributed by atoms with Gasteiger partial charge in [-0.2, -0.15) is 10.1 Å². The molecule has 132 valence electrons. The normalized spacial score (nSPS) is 15.0. The highest BCUT2D eigenvalue weighted by atomic mass is 16.2. The van der Waals surface area contributed by atoms with E-state index < -0.39 is 0 Å². The number of hydrogen-bond donors (Lipinski definition) is 3. The quantitative estimate of drug-likeness (QED) is 0.781. The molecule has 2 amide bonds. The van der Waals surface area contributed by atoms with Crippen molar-refractivity contribution >= 4 is 23.5 Å². The SMILES string of the molecule is CC(=O)Nc1ccc(C(=O)Nc2nc(C3CCNCC3)nn2C)cc1. The maximum absolute atomic E-state index is 12.4. The maximum atomic E-state index is 12.4. The molecule has 0 bridgehead atoms. The molecular weight excluding hydrogens is 320 g/mol. The molecule has 2 heterocycles. The lowest BCUT2D eigenvalue weighted by Crippen LogP contribution is -2.27. The Morgan fingerprint density at radius 3 is 2.48 bits per heavy atom. The van der Waals surface area contributed by atoms with E-state index in [0.29, 0.717) is 23.1 Å². The minimum atomic E-state index is -0.262. The van der Waals surface area contributed by atoms with Crippen LogP contribution in [-0.4, -0.2) is 39.7 Å². The number of amides is 2. The van der Waals surface area contributed by atoms with Crippen molar-refractivity contribution in [1.29, 1.82) is 0 Å². The summed E-state index contributed by atoms with van der Waals surface area (Å²) in [5.41, 5.74) is 1.14. The second-order valence-electron chi connectivity index (χ2n) is 6.15. The van der Waals surface area contributed by atoms with Gasteiger partial charge in [0.2, 0.25) is 11.9 Å². The third-order valence-electron chi connectivity index (χ3n) is 4.18. The number of rotatable bonds is 4. The molecule has 2 aromatic rings. The van der Waals surface area contributed by atoms with Crippen LogP contribution in [0, 0.1) is 0 Å². The fourth-order valence-corrected chi connectivity index (χ4v) is 2.85. The zero-order valence-corrected chi connectivity index (χ0v) is 14.4. The molecule has 0 spiro atoms. The van der Waals surface area contributed by atoms with Gasteiger partial charge in [-0.05, 0) is 50.2 Å². The van der Waals surface area contributed by atoms with Gasteiger partial charge in [-0.25, -0.2) is 4.68 Å². The van der Waals surface area contributed by atoms with E-state index in [-0.39, 0.29) is 11.8 Å². The summed E-state index contributed by atoms with van der Waals surface area (Å²) in [7, 11) is 1.77. The summed E-state index contributed by atoms with van der Waals surface area (Å²) >= 11 is 0. The highest BCUT2D eigenvalue weighted by Crippen LogP contribution is 2.23. The van der Waals surface area contributed by atoms with E-state index in [1.807, 2.05) is 0 Å². The van der Waals surface area contributed by atoms with Crippen LogP contribution in [0.2, 0.25) is 0 Å². The summed E-state index contributed by atoms with van der Waals surface area (Å²) < 4.78 is 1.60. The molecule has 0 saturated carbocycles. The van der Waals surface area contributed by atoms with E-state index in [1.54, 1.807) is 36.0 Å². The van der Waals surface area contributed by atoms with Gasteiger partial charge in [0, 0.05) is 31.1 Å². The van der Waals surface area contributed by atoms with Crippen LogP contribution in [0.5, 0.6) is 0 Å². The number of benzene rings is 1. The molecule has 8 nitrogen and oxygen atoms in total. The number of carbonyl (C=O) groups excluding carboxylic acids is 2. The average Bonchev–Trinajstić information content (AvgIpc) is 2.96. The highest BCUT2D eigenvalue weighted by molar-refractivity contribution is 6.03. The first kappa shape index (κ1) is 17.1. The molecule has 1 aliphatic heterocycles. The van der Waals surface area contributed by atoms with Crippen molar-refractivity contribution in [2.24, 2.45) is 7.05 Å². The molecule has 1 aromatic heterocycles. The van der Waals surface area contributed by atoms with Crippen molar-refractivity contribution < 1.29 is 9.59 Å². The van der Waals surface area contributed by atoms with Gasteiger partial charge >= 0.3 is 0 Å². The largest absolute Gasteiger partial charge is 0.326 e. The Bertz CT molecular complexity index is 762. The van der Waals surface area contributed by atoms with Crippen molar-refractivity contribution in [3.05, 3.63) is 35.7 Å². The second kappa shape index (κ2) is 7.43. The second-order valence-corrected chi connectivity index (χ2v) is 6.15. The minimum absolute atomic E-state index is 0.151. The van der Waals surface area contributed by atoms with Crippen molar-refractivity contribution in [1.82, 2.24) is 20.1 Å². The van der Waals surface area contributed by atoms with Crippen LogP contribution in [-0.2, 0) is 11.8 Å². The lowest BCUT2D eigenvalue weighted by molar-refractivity contribution is -0.114. The predicted molar refractivity (Wildman–Crippen MR) is 94.5 cm³/mol. The first-order valence-electron chi connectivity index (χ1n) is 8.33. The Morgan fingerprint density at radius 2 is 1.84 bits per heavy atom. The molecule has 1 aliphatic rings. The van der Waals surface area contributed by atoms with Gasteiger partial charge in [-0.15, -0.1) is 0 Å². The Kier molecular flexibility index (Phi) is 5.08. The van der Waals surface area contributed by atoms with Gasteiger partial charge in [0.25, 0.3) is 5.91 Å². The highest BCUT2D eigenvalue weighted by Gasteiger charge is 2.21. The van der Waals surface area contributed by atoms with Gasteiger partial charge in [-0.1, -0.05) is 0 Å². The maximum Gasteiger partial charge on any atom is 0.258 e. The van der Waals surface area contributed by atoms with Crippen LogP contribution in [0.1, 0.15) is 41.9 Å². The summed E-state index contributed by atoms with van der Waals surface area (Å²) in [5.74, 6) is 1.13. The van der Waals surface area contributed by atoms with E-state index in [4.69, 9.17) is 0 Å². The molecule has 1 aromatic carbocycles. The summed E-state index contributed by atoms with van der Waals surface area (Å²) in [6, 6.07) is 6.69. The van der Waals surface area contributed by atoms with E-state index >= 15 is 0 Å². The zero-order valence-electron chi connectivity index (χ0n) is 14.4. The van der Waals surface area contributed by atoms with Crippen LogP contribution < -0.4 is 16.0 Å². The molecular formula is C17H22N6O2. The minimum Gasteiger partial charge on any atom is -0.326 e. The fourth-order valence-electron chi connectivity index (χ4n) is 2.85. The van der Waals surface area contributed by atoms with Crippen molar-refractivity contribution in [2.45, 2.75) is 25.7 Å². The van der Waals surface area contributed by atoms with Crippen LogP contribution in [0.15, 0.2) is 24.3 Å². The number of aryl methyl sites for hydroxylation is 1. The van der Waals surface area contributed by atoms with Crippen LogP contribution in [0.3, 0.4) is 0 Å². The summed E-state index contributed by atoms with van der Waals surface area (Å²) in [5, 5.41) is 13.2. The Hall–Kier alpha value is -2.74.